The number of nitrogens with one attached hydrogen (secondary N) is 1. The SMILES string of the molecule is CN(C)C(=O)Cn1cc(Nc2ccc([N+](=O)[O-])cc2)cn1. The smallest absolute Gasteiger partial charge is 0.269 e. The van der Waals surface area contributed by atoms with Gasteiger partial charge in [0.05, 0.1) is 16.8 Å². The fourth-order valence-electron chi connectivity index (χ4n) is 1.63. The number of hydrogen-bond acceptors (Lipinski definition) is 5. The highest BCUT2D eigenvalue weighted by atomic mass is 16.6. The maximum absolute atomic E-state index is 11.6. The number of carbonyl (C=O) groups is 1. The number of amides is 1. The molecule has 21 heavy (non-hydrogen) atoms. The first kappa shape index (κ1) is 14.5. The van der Waals surface area contributed by atoms with Gasteiger partial charge in [0, 0.05) is 38.1 Å². The second-order valence-electron chi connectivity index (χ2n) is 4.64. The summed E-state index contributed by atoms with van der Waals surface area (Å²) < 4.78 is 1.52. The second kappa shape index (κ2) is 6.04. The van der Waals surface area contributed by atoms with Crippen LogP contribution >= 0.6 is 0 Å². The fourth-order valence-corrected chi connectivity index (χ4v) is 1.63. The normalized spacial score (nSPS) is 10.2. The molecule has 0 spiro atoms. The molecule has 0 radical (unpaired) electrons. The zero-order valence-electron chi connectivity index (χ0n) is 11.7. The van der Waals surface area contributed by atoms with Crippen molar-refractivity contribution in [2.75, 3.05) is 19.4 Å². The first-order chi connectivity index (χ1) is 9.95. The Labute approximate surface area is 121 Å². The van der Waals surface area contributed by atoms with E-state index in [1.807, 2.05) is 0 Å². The Bertz CT molecular complexity index is 648. The number of anilines is 2. The van der Waals surface area contributed by atoms with E-state index in [0.29, 0.717) is 11.4 Å². The van der Waals surface area contributed by atoms with Gasteiger partial charge in [0.25, 0.3) is 5.69 Å². The monoisotopic (exact) mass is 289 g/mol. The van der Waals surface area contributed by atoms with Gasteiger partial charge in [-0.2, -0.15) is 5.10 Å². The van der Waals surface area contributed by atoms with Gasteiger partial charge >= 0.3 is 0 Å². The Kier molecular flexibility index (Phi) is 4.17. The minimum atomic E-state index is -0.450. The molecule has 1 N–H and O–H groups in total. The number of carbonyl (C=O) groups excluding carboxylic acids is 1. The Hall–Kier alpha value is -2.90. The summed E-state index contributed by atoms with van der Waals surface area (Å²) in [5, 5.41) is 17.7. The molecule has 1 aromatic carbocycles. The third-order valence-electron chi connectivity index (χ3n) is 2.80. The van der Waals surface area contributed by atoms with Gasteiger partial charge < -0.3 is 10.2 Å². The van der Waals surface area contributed by atoms with E-state index >= 15 is 0 Å². The summed E-state index contributed by atoms with van der Waals surface area (Å²) in [6, 6.07) is 6.06. The molecular weight excluding hydrogens is 274 g/mol. The van der Waals surface area contributed by atoms with Crippen LogP contribution in [-0.2, 0) is 11.3 Å². The lowest BCUT2D eigenvalue weighted by Gasteiger charge is -2.09. The van der Waals surface area contributed by atoms with Crippen LogP contribution in [0.4, 0.5) is 17.1 Å². The van der Waals surface area contributed by atoms with Crippen molar-refractivity contribution in [1.29, 1.82) is 0 Å². The van der Waals surface area contributed by atoms with Gasteiger partial charge in [-0.15, -0.1) is 0 Å². The van der Waals surface area contributed by atoms with Gasteiger partial charge in [-0.1, -0.05) is 0 Å². The summed E-state index contributed by atoms with van der Waals surface area (Å²) in [7, 11) is 3.36. The van der Waals surface area contributed by atoms with Crippen LogP contribution in [0.25, 0.3) is 0 Å². The minimum Gasteiger partial charge on any atom is -0.353 e. The van der Waals surface area contributed by atoms with E-state index in [2.05, 4.69) is 10.4 Å². The highest BCUT2D eigenvalue weighted by Crippen LogP contribution is 2.19. The highest BCUT2D eigenvalue weighted by Gasteiger charge is 2.07. The number of aromatic nitrogens is 2. The number of non-ortho nitro benzene ring substituents is 1. The summed E-state index contributed by atoms with van der Waals surface area (Å²) >= 11 is 0. The zero-order chi connectivity index (χ0) is 15.4. The summed E-state index contributed by atoms with van der Waals surface area (Å²) in [6.45, 7) is 0.162. The van der Waals surface area contributed by atoms with Gasteiger partial charge in [0.1, 0.15) is 6.54 Å². The number of nitrogens with zero attached hydrogens (tertiary/aromatic N) is 4. The van der Waals surface area contributed by atoms with Crippen molar-refractivity contribution < 1.29 is 9.72 Å². The lowest BCUT2D eigenvalue weighted by molar-refractivity contribution is -0.384. The van der Waals surface area contributed by atoms with Crippen LogP contribution in [0, 0.1) is 10.1 Å². The lowest BCUT2D eigenvalue weighted by atomic mass is 10.3. The maximum atomic E-state index is 11.6. The molecule has 110 valence electrons. The highest BCUT2D eigenvalue weighted by molar-refractivity contribution is 5.75. The standard InChI is InChI=1S/C13H15N5O3/c1-16(2)13(19)9-17-8-11(7-14-17)15-10-3-5-12(6-4-10)18(20)21/h3-8,15H,9H2,1-2H3. The molecule has 1 aromatic heterocycles. The zero-order valence-corrected chi connectivity index (χ0v) is 11.7. The van der Waals surface area contributed by atoms with Gasteiger partial charge in [0.15, 0.2) is 0 Å². The molecule has 0 aliphatic rings. The van der Waals surface area contributed by atoms with Crippen molar-refractivity contribution in [2.45, 2.75) is 6.54 Å². The van der Waals surface area contributed by atoms with Crippen LogP contribution in [0.1, 0.15) is 0 Å². The predicted molar refractivity (Wildman–Crippen MR) is 77.3 cm³/mol. The Balaban J connectivity index is 2.02. The molecule has 0 bridgehead atoms. The first-order valence-corrected chi connectivity index (χ1v) is 6.20. The van der Waals surface area contributed by atoms with Gasteiger partial charge in [-0.25, -0.2) is 0 Å². The van der Waals surface area contributed by atoms with Crippen molar-refractivity contribution in [3.8, 4) is 0 Å². The van der Waals surface area contributed by atoms with E-state index in [4.69, 9.17) is 0 Å². The molecule has 0 saturated carbocycles. The number of hydrogen-bond donors (Lipinski definition) is 1. The molecule has 2 aromatic rings. The minimum absolute atomic E-state index is 0.0350. The Morgan fingerprint density at radius 3 is 2.57 bits per heavy atom. The molecule has 0 atom stereocenters. The molecule has 1 heterocycles. The Morgan fingerprint density at radius 1 is 1.33 bits per heavy atom. The van der Waals surface area contributed by atoms with Gasteiger partial charge in [-0.3, -0.25) is 19.6 Å². The van der Waals surface area contributed by atoms with Crippen molar-refractivity contribution in [1.82, 2.24) is 14.7 Å². The molecule has 1 amide bonds. The van der Waals surface area contributed by atoms with Crippen molar-refractivity contribution >= 4 is 23.0 Å². The van der Waals surface area contributed by atoms with Crippen molar-refractivity contribution in [3.63, 3.8) is 0 Å². The largest absolute Gasteiger partial charge is 0.353 e. The fraction of sp³-hybridized carbons (Fsp3) is 0.231. The van der Waals surface area contributed by atoms with Crippen molar-refractivity contribution in [3.05, 3.63) is 46.8 Å². The summed E-state index contributed by atoms with van der Waals surface area (Å²) in [4.78, 5) is 23.2. The molecular formula is C13H15N5O3. The van der Waals surface area contributed by atoms with Crippen LogP contribution < -0.4 is 5.32 Å². The second-order valence-corrected chi connectivity index (χ2v) is 4.64. The molecule has 2 rings (SSSR count). The molecule has 0 fully saturated rings. The number of benzene rings is 1. The molecule has 0 saturated heterocycles. The maximum Gasteiger partial charge on any atom is 0.269 e. The van der Waals surface area contributed by atoms with Gasteiger partial charge in [-0.05, 0) is 12.1 Å². The average molecular weight is 289 g/mol. The molecule has 0 aliphatic heterocycles. The third-order valence-corrected chi connectivity index (χ3v) is 2.80. The Morgan fingerprint density at radius 2 is 2.00 bits per heavy atom. The third kappa shape index (κ3) is 3.78. The predicted octanol–water partition coefficient (Wildman–Crippen LogP) is 1.62. The number of likely N-dealkylation sites (N-methyl/N-ethyl adjacent to an activating group) is 1. The van der Waals surface area contributed by atoms with E-state index in [9.17, 15) is 14.9 Å². The lowest BCUT2D eigenvalue weighted by Crippen LogP contribution is -2.26. The van der Waals surface area contributed by atoms with Crippen LogP contribution in [0.3, 0.4) is 0 Å². The van der Waals surface area contributed by atoms with Gasteiger partial charge in [0.2, 0.25) is 5.91 Å². The first-order valence-electron chi connectivity index (χ1n) is 6.20. The molecule has 8 heteroatoms. The van der Waals surface area contributed by atoms with E-state index in [1.165, 1.54) is 21.7 Å². The van der Waals surface area contributed by atoms with Crippen LogP contribution in [-0.4, -0.2) is 39.6 Å². The molecule has 0 aliphatic carbocycles. The van der Waals surface area contributed by atoms with Crippen LogP contribution in [0.2, 0.25) is 0 Å². The van der Waals surface area contributed by atoms with E-state index < -0.39 is 4.92 Å². The number of nitro benzene ring substituents is 1. The van der Waals surface area contributed by atoms with E-state index in [0.717, 1.165) is 0 Å². The molecule has 0 unspecified atom stereocenters. The van der Waals surface area contributed by atoms with E-state index in [1.54, 1.807) is 38.6 Å². The quantitative estimate of drug-likeness (QED) is 0.667. The van der Waals surface area contributed by atoms with Crippen molar-refractivity contribution in [2.24, 2.45) is 0 Å². The van der Waals surface area contributed by atoms with Crippen LogP contribution in [0.15, 0.2) is 36.7 Å². The number of nitro groups is 1. The van der Waals surface area contributed by atoms with Crippen LogP contribution in [0.5, 0.6) is 0 Å². The molecule has 8 nitrogen and oxygen atoms in total. The number of rotatable bonds is 5. The summed E-state index contributed by atoms with van der Waals surface area (Å²) in [6.07, 6.45) is 3.28. The summed E-state index contributed by atoms with van der Waals surface area (Å²) in [5.41, 5.74) is 1.45. The summed E-state index contributed by atoms with van der Waals surface area (Å²) in [5.74, 6) is -0.0556. The average Bonchev–Trinajstić information content (AvgIpc) is 2.86. The van der Waals surface area contributed by atoms with E-state index in [-0.39, 0.29) is 18.1 Å². The topological polar surface area (TPSA) is 93.3 Å².